The first kappa shape index (κ1) is 22.1. The third-order valence-corrected chi connectivity index (χ3v) is 5.33. The minimum atomic E-state index is -0.872. The van der Waals surface area contributed by atoms with Gasteiger partial charge in [-0.2, -0.15) is 0 Å². The van der Waals surface area contributed by atoms with Crippen LogP contribution in [0.1, 0.15) is 28.8 Å². The molecule has 0 aliphatic heterocycles. The minimum Gasteiger partial charge on any atom is -0.493 e. The lowest BCUT2D eigenvalue weighted by Gasteiger charge is -2.17. The number of rotatable bonds is 9. The van der Waals surface area contributed by atoms with E-state index in [4.69, 9.17) is 14.2 Å². The van der Waals surface area contributed by atoms with Gasteiger partial charge < -0.3 is 24.8 Å². The zero-order chi connectivity index (χ0) is 23.3. The number of nitrogens with zero attached hydrogens (tertiary/aromatic N) is 2. The van der Waals surface area contributed by atoms with Gasteiger partial charge in [-0.15, -0.1) is 0 Å². The summed E-state index contributed by atoms with van der Waals surface area (Å²) in [4.78, 5) is 32.7. The molecule has 1 fully saturated rings. The maximum atomic E-state index is 12.7. The molecule has 0 radical (unpaired) electrons. The van der Waals surface area contributed by atoms with Crippen LogP contribution in [-0.2, 0) is 11.3 Å². The Bertz CT molecular complexity index is 1130. The summed E-state index contributed by atoms with van der Waals surface area (Å²) >= 11 is 0. The highest BCUT2D eigenvalue weighted by molar-refractivity contribution is 6.00. The fraction of sp³-hybridized carbons (Fsp3) is 0.250. The highest BCUT2D eigenvalue weighted by atomic mass is 16.5. The molecule has 4 rings (SSSR count). The molecule has 0 unspecified atom stereocenters. The number of methoxy groups -OCH3 is 2. The molecule has 9 heteroatoms. The molecule has 0 spiro atoms. The molecule has 1 aliphatic rings. The number of carbonyl (C=O) groups excluding carboxylic acids is 2. The third-order valence-electron chi connectivity index (χ3n) is 5.33. The van der Waals surface area contributed by atoms with Crippen molar-refractivity contribution >= 4 is 11.8 Å². The molecule has 3 aromatic rings. The van der Waals surface area contributed by atoms with E-state index in [1.54, 1.807) is 32.4 Å². The van der Waals surface area contributed by atoms with Crippen LogP contribution in [0.5, 0.6) is 23.0 Å². The van der Waals surface area contributed by atoms with Crippen molar-refractivity contribution in [3.05, 3.63) is 72.3 Å². The van der Waals surface area contributed by atoms with Crippen molar-refractivity contribution in [2.45, 2.75) is 24.9 Å². The molecule has 33 heavy (non-hydrogen) atoms. The van der Waals surface area contributed by atoms with Crippen LogP contribution >= 0.6 is 0 Å². The third kappa shape index (κ3) is 5.20. The van der Waals surface area contributed by atoms with E-state index in [1.165, 1.54) is 18.7 Å². The fourth-order valence-corrected chi connectivity index (χ4v) is 3.28. The summed E-state index contributed by atoms with van der Waals surface area (Å²) in [7, 11) is 3.14. The number of hydrogen-bond donors (Lipinski definition) is 2. The summed E-state index contributed by atoms with van der Waals surface area (Å²) < 4.78 is 16.4. The Kier molecular flexibility index (Phi) is 6.39. The molecule has 2 aromatic carbocycles. The Hall–Kier alpha value is -4.14. The van der Waals surface area contributed by atoms with Crippen molar-refractivity contribution in [1.29, 1.82) is 0 Å². The van der Waals surface area contributed by atoms with Gasteiger partial charge in [0.2, 0.25) is 5.91 Å². The van der Waals surface area contributed by atoms with E-state index in [1.807, 2.05) is 24.3 Å². The maximum absolute atomic E-state index is 12.7. The van der Waals surface area contributed by atoms with Crippen LogP contribution in [-0.4, -0.2) is 41.5 Å². The van der Waals surface area contributed by atoms with Crippen LogP contribution < -0.4 is 24.8 Å². The summed E-state index contributed by atoms with van der Waals surface area (Å²) in [5.41, 5.74) is 0.354. The fourth-order valence-electron chi connectivity index (χ4n) is 3.28. The first-order chi connectivity index (χ1) is 16.0. The lowest BCUT2D eigenvalue weighted by molar-refractivity contribution is -0.124. The van der Waals surface area contributed by atoms with Crippen LogP contribution in [0.3, 0.4) is 0 Å². The lowest BCUT2D eigenvalue weighted by atomic mass is 10.2. The van der Waals surface area contributed by atoms with Gasteiger partial charge >= 0.3 is 0 Å². The molecule has 1 heterocycles. The Morgan fingerprint density at radius 2 is 1.61 bits per heavy atom. The topological polar surface area (TPSA) is 112 Å². The summed E-state index contributed by atoms with van der Waals surface area (Å²) in [6.45, 7) is 0.335. The highest BCUT2D eigenvalue weighted by Crippen LogP contribution is 2.36. The summed E-state index contributed by atoms with van der Waals surface area (Å²) in [5.74, 6) is 1.89. The predicted molar refractivity (Wildman–Crippen MR) is 119 cm³/mol. The van der Waals surface area contributed by atoms with Gasteiger partial charge in [-0.3, -0.25) is 9.59 Å². The van der Waals surface area contributed by atoms with E-state index >= 15 is 0 Å². The number of amides is 2. The number of benzene rings is 2. The van der Waals surface area contributed by atoms with Crippen LogP contribution in [0, 0.1) is 0 Å². The van der Waals surface area contributed by atoms with Crippen LogP contribution in [0.25, 0.3) is 0 Å². The van der Waals surface area contributed by atoms with Crippen LogP contribution in [0.4, 0.5) is 0 Å². The van der Waals surface area contributed by atoms with Crippen molar-refractivity contribution in [2.75, 3.05) is 14.2 Å². The van der Waals surface area contributed by atoms with Gasteiger partial charge in [0.25, 0.3) is 5.91 Å². The minimum absolute atomic E-state index is 0.210. The number of aromatic nitrogens is 2. The second-order valence-electron chi connectivity index (χ2n) is 7.61. The van der Waals surface area contributed by atoms with Gasteiger partial charge in [-0.05, 0) is 42.7 Å². The first-order valence-electron chi connectivity index (χ1n) is 10.4. The van der Waals surface area contributed by atoms with E-state index in [9.17, 15) is 9.59 Å². The predicted octanol–water partition coefficient (Wildman–Crippen LogP) is 2.86. The highest BCUT2D eigenvalue weighted by Gasteiger charge is 2.51. The van der Waals surface area contributed by atoms with E-state index < -0.39 is 5.54 Å². The Labute approximate surface area is 191 Å². The maximum Gasteiger partial charge on any atom is 0.255 e. The molecule has 1 aromatic heterocycles. The lowest BCUT2D eigenvalue weighted by Crippen LogP contribution is -2.48. The second-order valence-corrected chi connectivity index (χ2v) is 7.61. The Morgan fingerprint density at radius 1 is 0.939 bits per heavy atom. The number of nitrogens with one attached hydrogen (secondary N) is 2. The molecule has 9 nitrogen and oxygen atoms in total. The summed E-state index contributed by atoms with van der Waals surface area (Å²) in [6.07, 6.45) is 5.37. The van der Waals surface area contributed by atoms with Crippen LogP contribution in [0.2, 0.25) is 0 Å². The second kappa shape index (κ2) is 9.56. The Morgan fingerprint density at radius 3 is 2.24 bits per heavy atom. The average molecular weight is 448 g/mol. The molecule has 0 atom stereocenters. The van der Waals surface area contributed by atoms with Gasteiger partial charge in [-0.1, -0.05) is 12.1 Å². The van der Waals surface area contributed by atoms with Crippen molar-refractivity contribution in [1.82, 2.24) is 20.6 Å². The van der Waals surface area contributed by atoms with Gasteiger partial charge in [-0.25, -0.2) is 9.97 Å². The van der Waals surface area contributed by atoms with Crippen molar-refractivity contribution in [3.63, 3.8) is 0 Å². The smallest absolute Gasteiger partial charge is 0.255 e. The number of ether oxygens (including phenoxy) is 3. The largest absolute Gasteiger partial charge is 0.493 e. The average Bonchev–Trinajstić information content (AvgIpc) is 3.64. The molecule has 2 N–H and O–H groups in total. The van der Waals surface area contributed by atoms with Crippen LogP contribution in [0.15, 0.2) is 61.2 Å². The van der Waals surface area contributed by atoms with E-state index in [-0.39, 0.29) is 11.8 Å². The van der Waals surface area contributed by atoms with Crippen molar-refractivity contribution in [3.8, 4) is 23.0 Å². The van der Waals surface area contributed by atoms with E-state index in [2.05, 4.69) is 20.6 Å². The molecular weight excluding hydrogens is 424 g/mol. The van der Waals surface area contributed by atoms with Gasteiger partial charge in [0.05, 0.1) is 19.8 Å². The molecule has 0 saturated heterocycles. The first-order valence-corrected chi connectivity index (χ1v) is 10.4. The number of carbonyl (C=O) groups is 2. The van der Waals surface area contributed by atoms with Crippen molar-refractivity contribution < 1.29 is 23.8 Å². The number of hydrogen-bond acceptors (Lipinski definition) is 7. The zero-order valence-electron chi connectivity index (χ0n) is 18.3. The Balaban J connectivity index is 1.31. The SMILES string of the molecule is COc1ccc(Oc2ccc(CNC(=O)C3(NC(=O)c4cncnc4)CC3)cc2)cc1OC. The van der Waals surface area contributed by atoms with Gasteiger partial charge in [0, 0.05) is 25.0 Å². The van der Waals surface area contributed by atoms with E-state index in [0.717, 1.165) is 5.56 Å². The standard InChI is InChI=1S/C24H24N4O5/c1-31-20-8-7-19(11-21(20)32-2)33-18-5-3-16(4-6-18)12-27-23(30)24(9-10-24)28-22(29)17-13-25-15-26-14-17/h3-8,11,13-15H,9-10,12H2,1-2H3,(H,27,30)(H,28,29). The summed E-state index contributed by atoms with van der Waals surface area (Å²) in [6, 6.07) is 12.7. The molecule has 1 saturated carbocycles. The molecule has 0 bridgehead atoms. The molecule has 170 valence electrons. The quantitative estimate of drug-likeness (QED) is 0.518. The zero-order valence-corrected chi connectivity index (χ0v) is 18.3. The molecule has 2 amide bonds. The molecular formula is C24H24N4O5. The van der Waals surface area contributed by atoms with Crippen molar-refractivity contribution in [2.24, 2.45) is 0 Å². The summed E-state index contributed by atoms with van der Waals surface area (Å²) in [5, 5.41) is 5.70. The van der Waals surface area contributed by atoms with E-state index in [0.29, 0.717) is 47.9 Å². The molecule has 1 aliphatic carbocycles. The normalized spacial score (nSPS) is 13.5. The van der Waals surface area contributed by atoms with Gasteiger partial charge in [0.1, 0.15) is 23.4 Å². The monoisotopic (exact) mass is 448 g/mol. The van der Waals surface area contributed by atoms with Gasteiger partial charge in [0.15, 0.2) is 11.5 Å².